The van der Waals surface area contributed by atoms with Crippen LogP contribution in [0, 0.1) is 5.92 Å². The SMILES string of the molecule is COCCN(Cc1ccc(C(N)=S)cc1Cl)CC(C)C. The van der Waals surface area contributed by atoms with E-state index in [0.717, 1.165) is 37.4 Å². The molecule has 0 amide bonds. The minimum Gasteiger partial charge on any atom is -0.389 e. The zero-order valence-electron chi connectivity index (χ0n) is 12.4. The number of benzene rings is 1. The summed E-state index contributed by atoms with van der Waals surface area (Å²) in [6, 6.07) is 5.76. The molecule has 0 bridgehead atoms. The standard InChI is InChI=1S/C15H23ClN2OS/c1-11(2)9-18(6-7-19-3)10-13-5-4-12(15(17)20)8-14(13)16/h4-5,8,11H,6-7,9-10H2,1-3H3,(H2,17,20). The van der Waals surface area contributed by atoms with Crippen LogP contribution in [0.4, 0.5) is 0 Å². The fraction of sp³-hybridized carbons (Fsp3) is 0.533. The molecule has 5 heteroatoms. The maximum Gasteiger partial charge on any atom is 0.104 e. The van der Waals surface area contributed by atoms with E-state index in [0.29, 0.717) is 15.9 Å². The molecule has 0 aliphatic heterocycles. The lowest BCUT2D eigenvalue weighted by Gasteiger charge is -2.24. The molecule has 0 atom stereocenters. The van der Waals surface area contributed by atoms with Crippen molar-refractivity contribution in [2.24, 2.45) is 11.7 Å². The molecule has 0 saturated carbocycles. The summed E-state index contributed by atoms with van der Waals surface area (Å²) >= 11 is 11.3. The van der Waals surface area contributed by atoms with Gasteiger partial charge in [0.25, 0.3) is 0 Å². The maximum atomic E-state index is 6.32. The molecule has 0 saturated heterocycles. The Hall–Kier alpha value is -0.680. The Bertz CT molecular complexity index is 451. The van der Waals surface area contributed by atoms with E-state index in [2.05, 4.69) is 18.7 Å². The van der Waals surface area contributed by atoms with Gasteiger partial charge in [-0.25, -0.2) is 0 Å². The van der Waals surface area contributed by atoms with Gasteiger partial charge in [0.1, 0.15) is 4.99 Å². The van der Waals surface area contributed by atoms with Crippen LogP contribution in [-0.2, 0) is 11.3 Å². The lowest BCUT2D eigenvalue weighted by molar-refractivity contribution is 0.136. The van der Waals surface area contributed by atoms with Crippen LogP contribution in [0.5, 0.6) is 0 Å². The van der Waals surface area contributed by atoms with E-state index in [-0.39, 0.29) is 0 Å². The van der Waals surface area contributed by atoms with Crippen molar-refractivity contribution in [2.45, 2.75) is 20.4 Å². The van der Waals surface area contributed by atoms with Gasteiger partial charge in [0, 0.05) is 37.3 Å². The van der Waals surface area contributed by atoms with Crippen LogP contribution in [0.3, 0.4) is 0 Å². The summed E-state index contributed by atoms with van der Waals surface area (Å²) in [6.45, 7) is 7.83. The van der Waals surface area contributed by atoms with E-state index in [4.69, 9.17) is 34.3 Å². The number of ether oxygens (including phenoxy) is 1. The fourth-order valence-corrected chi connectivity index (χ4v) is 2.41. The average molecular weight is 315 g/mol. The van der Waals surface area contributed by atoms with Crippen LogP contribution >= 0.6 is 23.8 Å². The zero-order valence-corrected chi connectivity index (χ0v) is 13.9. The van der Waals surface area contributed by atoms with E-state index in [1.807, 2.05) is 18.2 Å². The summed E-state index contributed by atoms with van der Waals surface area (Å²) < 4.78 is 5.16. The highest BCUT2D eigenvalue weighted by molar-refractivity contribution is 7.80. The molecule has 20 heavy (non-hydrogen) atoms. The van der Waals surface area contributed by atoms with E-state index in [1.165, 1.54) is 0 Å². The van der Waals surface area contributed by atoms with Crippen LogP contribution in [0.2, 0.25) is 5.02 Å². The first-order valence-corrected chi connectivity index (χ1v) is 7.52. The molecule has 1 rings (SSSR count). The number of hydrogen-bond donors (Lipinski definition) is 1. The lowest BCUT2D eigenvalue weighted by atomic mass is 10.1. The van der Waals surface area contributed by atoms with E-state index < -0.39 is 0 Å². The van der Waals surface area contributed by atoms with Gasteiger partial charge >= 0.3 is 0 Å². The number of methoxy groups -OCH3 is 1. The second kappa shape index (κ2) is 8.57. The van der Waals surface area contributed by atoms with E-state index >= 15 is 0 Å². The molecule has 0 spiro atoms. The first kappa shape index (κ1) is 17.4. The van der Waals surface area contributed by atoms with Gasteiger partial charge in [-0.05, 0) is 17.5 Å². The molecule has 1 aromatic rings. The first-order chi connectivity index (χ1) is 9.43. The third-order valence-corrected chi connectivity index (χ3v) is 3.55. The monoisotopic (exact) mass is 314 g/mol. The zero-order chi connectivity index (χ0) is 15.1. The second-order valence-corrected chi connectivity index (χ2v) is 6.14. The number of hydrogen-bond acceptors (Lipinski definition) is 3. The van der Waals surface area contributed by atoms with Crippen molar-refractivity contribution in [1.82, 2.24) is 4.90 Å². The molecule has 1 aromatic carbocycles. The molecule has 112 valence electrons. The number of thiocarbonyl (C=S) groups is 1. The highest BCUT2D eigenvalue weighted by Gasteiger charge is 2.11. The maximum absolute atomic E-state index is 6.32. The molecule has 0 aliphatic carbocycles. The summed E-state index contributed by atoms with van der Waals surface area (Å²) in [6.07, 6.45) is 0. The summed E-state index contributed by atoms with van der Waals surface area (Å²) in [7, 11) is 1.72. The molecule has 0 unspecified atom stereocenters. The number of rotatable bonds is 8. The van der Waals surface area contributed by atoms with Crippen LogP contribution in [-0.4, -0.2) is 36.7 Å². The van der Waals surface area contributed by atoms with Gasteiger partial charge in [-0.1, -0.05) is 49.8 Å². The quantitative estimate of drug-likeness (QED) is 0.748. The Kier molecular flexibility index (Phi) is 7.45. The molecule has 0 fully saturated rings. The van der Waals surface area contributed by atoms with Crippen molar-refractivity contribution in [3.8, 4) is 0 Å². The van der Waals surface area contributed by atoms with E-state index in [9.17, 15) is 0 Å². The van der Waals surface area contributed by atoms with Crippen LogP contribution in [0.1, 0.15) is 25.0 Å². The van der Waals surface area contributed by atoms with Gasteiger partial charge in [0.15, 0.2) is 0 Å². The largest absolute Gasteiger partial charge is 0.389 e. The highest BCUT2D eigenvalue weighted by Crippen LogP contribution is 2.20. The number of nitrogens with two attached hydrogens (primary N) is 1. The number of halogens is 1. The molecule has 0 aliphatic rings. The predicted octanol–water partition coefficient (Wildman–Crippen LogP) is 3.08. The lowest BCUT2D eigenvalue weighted by Crippen LogP contribution is -2.30. The minimum absolute atomic E-state index is 0.372. The van der Waals surface area contributed by atoms with Gasteiger partial charge in [0.05, 0.1) is 6.61 Å². The predicted molar refractivity (Wildman–Crippen MR) is 89.3 cm³/mol. The normalized spacial score (nSPS) is 11.3. The third kappa shape index (κ3) is 5.75. The topological polar surface area (TPSA) is 38.5 Å². The Morgan fingerprint density at radius 1 is 1.45 bits per heavy atom. The summed E-state index contributed by atoms with van der Waals surface area (Å²) in [5.41, 5.74) is 7.50. The van der Waals surface area contributed by atoms with E-state index in [1.54, 1.807) is 7.11 Å². The molecule has 0 radical (unpaired) electrons. The molecular weight excluding hydrogens is 292 g/mol. The average Bonchev–Trinajstić information content (AvgIpc) is 2.37. The highest BCUT2D eigenvalue weighted by atomic mass is 35.5. The molecule has 2 N–H and O–H groups in total. The van der Waals surface area contributed by atoms with Crippen molar-refractivity contribution in [2.75, 3.05) is 26.8 Å². The third-order valence-electron chi connectivity index (χ3n) is 2.97. The smallest absolute Gasteiger partial charge is 0.104 e. The number of nitrogens with zero attached hydrogens (tertiary/aromatic N) is 1. The summed E-state index contributed by atoms with van der Waals surface area (Å²) in [5.74, 6) is 0.599. The Balaban J connectivity index is 2.79. The van der Waals surface area contributed by atoms with Gasteiger partial charge in [-0.2, -0.15) is 0 Å². The van der Waals surface area contributed by atoms with Crippen LogP contribution < -0.4 is 5.73 Å². The van der Waals surface area contributed by atoms with Gasteiger partial charge in [0.2, 0.25) is 0 Å². The molecular formula is C15H23ClN2OS. The van der Waals surface area contributed by atoms with Gasteiger partial charge in [-0.3, -0.25) is 4.90 Å². The van der Waals surface area contributed by atoms with Crippen molar-refractivity contribution in [1.29, 1.82) is 0 Å². The summed E-state index contributed by atoms with van der Waals surface area (Å²) in [5, 5.41) is 0.710. The van der Waals surface area contributed by atoms with Gasteiger partial charge in [-0.15, -0.1) is 0 Å². The molecule has 0 heterocycles. The fourth-order valence-electron chi connectivity index (χ4n) is 2.04. The van der Waals surface area contributed by atoms with Crippen molar-refractivity contribution >= 4 is 28.8 Å². The summed E-state index contributed by atoms with van der Waals surface area (Å²) in [4.78, 5) is 2.72. The first-order valence-electron chi connectivity index (χ1n) is 6.73. The second-order valence-electron chi connectivity index (χ2n) is 5.29. The molecule has 3 nitrogen and oxygen atoms in total. The van der Waals surface area contributed by atoms with Crippen molar-refractivity contribution in [3.05, 3.63) is 34.3 Å². The van der Waals surface area contributed by atoms with Crippen molar-refractivity contribution in [3.63, 3.8) is 0 Å². The minimum atomic E-state index is 0.372. The Morgan fingerprint density at radius 3 is 2.65 bits per heavy atom. The van der Waals surface area contributed by atoms with Crippen molar-refractivity contribution < 1.29 is 4.74 Å². The molecule has 0 aromatic heterocycles. The van der Waals surface area contributed by atoms with Crippen LogP contribution in [0.15, 0.2) is 18.2 Å². The van der Waals surface area contributed by atoms with Crippen LogP contribution in [0.25, 0.3) is 0 Å². The Morgan fingerprint density at radius 2 is 2.15 bits per heavy atom. The Labute approximate surface area is 132 Å². The van der Waals surface area contributed by atoms with Gasteiger partial charge < -0.3 is 10.5 Å².